The largest absolute Gasteiger partial charge is 0.331 e. The number of methoxy groups -OCH3 is 3. The molecule has 1 unspecified atom stereocenters. The summed E-state index contributed by atoms with van der Waals surface area (Å²) in [6.45, 7) is 2.26. The second-order valence-electron chi connectivity index (χ2n) is 6.71. The Morgan fingerprint density at radius 1 is 0.667 bits per heavy atom. The second kappa shape index (κ2) is 16.8. The van der Waals surface area contributed by atoms with Crippen molar-refractivity contribution in [2.75, 3.05) is 26.7 Å². The Morgan fingerprint density at radius 3 is 1.50 bits per heavy atom. The van der Waals surface area contributed by atoms with Crippen LogP contribution in [0.15, 0.2) is 0 Å². The fourth-order valence-corrected chi connectivity index (χ4v) is 3.83. The Morgan fingerprint density at radius 2 is 1.08 bits per heavy atom. The van der Waals surface area contributed by atoms with E-state index in [0.717, 1.165) is 18.2 Å². The van der Waals surface area contributed by atoms with E-state index >= 15 is 0 Å². The maximum Gasteiger partial charge on any atom is 0.285 e. The van der Waals surface area contributed by atoms with Crippen molar-refractivity contribution in [3.05, 3.63) is 0 Å². The molecule has 0 aliphatic carbocycles. The van der Waals surface area contributed by atoms with E-state index in [-0.39, 0.29) is 0 Å². The first-order valence-electron chi connectivity index (χ1n) is 9.92. The SMILES string of the molecule is CCCCCCCCC(CCCCCCCBr)C(OC)(OC)OC. The van der Waals surface area contributed by atoms with Crippen molar-refractivity contribution < 1.29 is 14.2 Å². The Kier molecular flexibility index (Phi) is 17.1. The molecule has 24 heavy (non-hydrogen) atoms. The van der Waals surface area contributed by atoms with E-state index in [4.69, 9.17) is 14.2 Å². The third kappa shape index (κ3) is 10.4. The number of ether oxygens (including phenoxy) is 3. The number of halogens is 1. The normalized spacial score (nSPS) is 13.4. The van der Waals surface area contributed by atoms with E-state index in [9.17, 15) is 0 Å². The minimum Gasteiger partial charge on any atom is -0.331 e. The van der Waals surface area contributed by atoms with Gasteiger partial charge in [-0.3, -0.25) is 0 Å². The van der Waals surface area contributed by atoms with Gasteiger partial charge in [0.15, 0.2) is 0 Å². The van der Waals surface area contributed by atoms with Crippen molar-refractivity contribution in [2.45, 2.75) is 96.4 Å². The summed E-state index contributed by atoms with van der Waals surface area (Å²) in [6, 6.07) is 0. The summed E-state index contributed by atoms with van der Waals surface area (Å²) in [5.74, 6) is -0.570. The fourth-order valence-electron chi connectivity index (χ4n) is 3.43. The van der Waals surface area contributed by atoms with Crippen LogP contribution in [0.2, 0.25) is 0 Å². The molecule has 0 amide bonds. The average Bonchev–Trinajstić information content (AvgIpc) is 2.62. The summed E-state index contributed by atoms with van der Waals surface area (Å²) in [7, 11) is 5.08. The molecule has 0 aromatic carbocycles. The van der Waals surface area contributed by atoms with Crippen molar-refractivity contribution in [1.29, 1.82) is 0 Å². The van der Waals surface area contributed by atoms with Crippen LogP contribution in [0.3, 0.4) is 0 Å². The van der Waals surface area contributed by atoms with Crippen LogP contribution in [0.1, 0.15) is 90.4 Å². The van der Waals surface area contributed by atoms with Crippen molar-refractivity contribution in [3.63, 3.8) is 0 Å². The quantitative estimate of drug-likeness (QED) is 0.144. The molecule has 0 aromatic heterocycles. The highest BCUT2D eigenvalue weighted by Gasteiger charge is 2.39. The van der Waals surface area contributed by atoms with Crippen molar-refractivity contribution in [2.24, 2.45) is 5.92 Å². The molecule has 4 heteroatoms. The van der Waals surface area contributed by atoms with E-state index in [1.165, 1.54) is 70.6 Å². The number of hydrogen-bond donors (Lipinski definition) is 0. The van der Waals surface area contributed by atoms with Crippen molar-refractivity contribution in [1.82, 2.24) is 0 Å². The molecule has 0 aliphatic rings. The van der Waals surface area contributed by atoms with Gasteiger partial charge in [0, 0.05) is 32.6 Å². The Bertz CT molecular complexity index is 233. The highest BCUT2D eigenvalue weighted by molar-refractivity contribution is 9.09. The van der Waals surface area contributed by atoms with E-state index in [2.05, 4.69) is 22.9 Å². The zero-order chi connectivity index (χ0) is 18.1. The topological polar surface area (TPSA) is 27.7 Å². The minimum atomic E-state index is -0.876. The van der Waals surface area contributed by atoms with Crippen LogP contribution in [0.5, 0.6) is 0 Å². The lowest BCUT2D eigenvalue weighted by Crippen LogP contribution is -2.44. The predicted molar refractivity (Wildman–Crippen MR) is 107 cm³/mol. The molecule has 1 atom stereocenters. The molecule has 0 bridgehead atoms. The first kappa shape index (κ1) is 24.4. The van der Waals surface area contributed by atoms with Crippen LogP contribution in [-0.4, -0.2) is 32.6 Å². The summed E-state index contributed by atoms with van der Waals surface area (Å²) in [5, 5.41) is 1.12. The van der Waals surface area contributed by atoms with Gasteiger partial charge in [-0.1, -0.05) is 87.1 Å². The fraction of sp³-hybridized carbons (Fsp3) is 1.00. The van der Waals surface area contributed by atoms with Crippen LogP contribution < -0.4 is 0 Å². The van der Waals surface area contributed by atoms with E-state index in [1.54, 1.807) is 21.3 Å². The van der Waals surface area contributed by atoms with Gasteiger partial charge in [-0.25, -0.2) is 0 Å². The summed E-state index contributed by atoms with van der Waals surface area (Å²) >= 11 is 3.50. The maximum absolute atomic E-state index is 5.64. The van der Waals surface area contributed by atoms with Gasteiger partial charge < -0.3 is 14.2 Å². The maximum atomic E-state index is 5.64. The van der Waals surface area contributed by atoms with Crippen LogP contribution in [0, 0.1) is 5.92 Å². The summed E-state index contributed by atoms with van der Waals surface area (Å²) in [5.41, 5.74) is 0. The zero-order valence-electron chi connectivity index (χ0n) is 16.6. The minimum absolute atomic E-state index is 0.305. The molecule has 0 aromatic rings. The third-order valence-electron chi connectivity index (χ3n) is 4.95. The van der Waals surface area contributed by atoms with Crippen LogP contribution in [0.25, 0.3) is 0 Å². The predicted octanol–water partition coefficient (Wildman–Crippen LogP) is 6.68. The monoisotopic (exact) mass is 408 g/mol. The molecular weight excluding hydrogens is 368 g/mol. The van der Waals surface area contributed by atoms with Gasteiger partial charge in [0.1, 0.15) is 0 Å². The number of rotatable bonds is 18. The highest BCUT2D eigenvalue weighted by atomic mass is 79.9. The molecule has 146 valence electrons. The smallest absolute Gasteiger partial charge is 0.285 e. The lowest BCUT2D eigenvalue weighted by molar-refractivity contribution is -0.380. The van der Waals surface area contributed by atoms with Gasteiger partial charge >= 0.3 is 0 Å². The molecule has 0 heterocycles. The average molecular weight is 409 g/mol. The van der Waals surface area contributed by atoms with Gasteiger partial charge in [-0.2, -0.15) is 0 Å². The Labute approximate surface area is 159 Å². The first-order valence-corrected chi connectivity index (χ1v) is 11.0. The van der Waals surface area contributed by atoms with Crippen molar-refractivity contribution in [3.8, 4) is 0 Å². The molecule has 3 nitrogen and oxygen atoms in total. The van der Waals surface area contributed by atoms with Gasteiger partial charge in [-0.15, -0.1) is 0 Å². The summed E-state index contributed by atoms with van der Waals surface area (Å²) < 4.78 is 16.9. The van der Waals surface area contributed by atoms with Gasteiger partial charge in [0.25, 0.3) is 5.97 Å². The van der Waals surface area contributed by atoms with E-state index in [0.29, 0.717) is 5.92 Å². The van der Waals surface area contributed by atoms with Gasteiger partial charge in [-0.05, 0) is 19.3 Å². The molecule has 0 N–H and O–H groups in total. The lowest BCUT2D eigenvalue weighted by Gasteiger charge is -2.36. The number of hydrogen-bond acceptors (Lipinski definition) is 3. The number of alkyl halides is 1. The molecular formula is C20H41BrO3. The molecule has 0 fully saturated rings. The highest BCUT2D eigenvalue weighted by Crippen LogP contribution is 2.33. The van der Waals surface area contributed by atoms with Crippen molar-refractivity contribution >= 4 is 15.9 Å². The van der Waals surface area contributed by atoms with Crippen LogP contribution in [0.4, 0.5) is 0 Å². The Hall–Kier alpha value is 0.360. The first-order chi connectivity index (χ1) is 11.7. The van der Waals surface area contributed by atoms with Gasteiger partial charge in [0.05, 0.1) is 0 Å². The summed E-state index contributed by atoms with van der Waals surface area (Å²) in [4.78, 5) is 0. The third-order valence-corrected chi connectivity index (χ3v) is 5.51. The molecule has 0 saturated carbocycles. The summed E-state index contributed by atoms with van der Waals surface area (Å²) in [6.07, 6.45) is 16.5. The van der Waals surface area contributed by atoms with Crippen LogP contribution in [-0.2, 0) is 14.2 Å². The number of unbranched alkanes of at least 4 members (excludes halogenated alkanes) is 9. The Balaban J connectivity index is 4.28. The molecule has 0 saturated heterocycles. The van der Waals surface area contributed by atoms with E-state index in [1.807, 2.05) is 0 Å². The van der Waals surface area contributed by atoms with Gasteiger partial charge in [0.2, 0.25) is 0 Å². The molecule has 0 aliphatic heterocycles. The lowest BCUT2D eigenvalue weighted by atomic mass is 9.91. The standard InChI is InChI=1S/C20H41BrO3/c1-5-6-7-8-10-13-16-19(20(22-2,23-3)24-4)17-14-11-9-12-15-18-21/h19H,5-18H2,1-4H3. The van der Waals surface area contributed by atoms with Crippen LogP contribution >= 0.6 is 15.9 Å². The molecule has 0 spiro atoms. The molecule has 0 rings (SSSR count). The zero-order valence-corrected chi connectivity index (χ0v) is 18.2. The second-order valence-corrected chi connectivity index (χ2v) is 7.51. The van der Waals surface area contributed by atoms with E-state index < -0.39 is 5.97 Å². The molecule has 0 radical (unpaired) electrons.